The molecule has 0 unspecified atom stereocenters. The Hall–Kier alpha value is -1.13. The molecule has 16 heavy (non-hydrogen) atoms. The van der Waals surface area contributed by atoms with Crippen molar-refractivity contribution in [3.8, 4) is 5.88 Å². The fraction of sp³-hybridized carbons (Fsp3) is 0.583. The highest BCUT2D eigenvalue weighted by molar-refractivity contribution is 5.24. The van der Waals surface area contributed by atoms with Crippen molar-refractivity contribution in [2.45, 2.75) is 26.8 Å². The number of nitrogens with zero attached hydrogens (tertiary/aromatic N) is 1. The van der Waals surface area contributed by atoms with Gasteiger partial charge in [-0.25, -0.2) is 4.98 Å². The van der Waals surface area contributed by atoms with E-state index in [0.29, 0.717) is 25.6 Å². The van der Waals surface area contributed by atoms with Gasteiger partial charge < -0.3 is 15.2 Å². The number of nitrogens with two attached hydrogens (primary N) is 1. The van der Waals surface area contributed by atoms with Crippen LogP contribution >= 0.6 is 0 Å². The molecule has 0 radical (unpaired) electrons. The minimum absolute atomic E-state index is 0.513. The molecule has 90 valence electrons. The van der Waals surface area contributed by atoms with Crippen LogP contribution in [0, 0.1) is 6.92 Å². The number of aryl methyl sites for hydroxylation is 1. The van der Waals surface area contributed by atoms with Crippen molar-refractivity contribution in [1.82, 2.24) is 4.98 Å². The fourth-order valence-electron chi connectivity index (χ4n) is 1.31. The highest BCUT2D eigenvalue weighted by Gasteiger charge is 2.00. The maximum Gasteiger partial charge on any atom is 0.213 e. The van der Waals surface area contributed by atoms with Crippen molar-refractivity contribution in [2.24, 2.45) is 5.73 Å². The van der Waals surface area contributed by atoms with Gasteiger partial charge in [-0.2, -0.15) is 0 Å². The van der Waals surface area contributed by atoms with Crippen LogP contribution in [0.4, 0.5) is 0 Å². The van der Waals surface area contributed by atoms with Gasteiger partial charge in [0.15, 0.2) is 0 Å². The van der Waals surface area contributed by atoms with Gasteiger partial charge in [0.05, 0.1) is 6.61 Å². The number of pyridine rings is 1. The van der Waals surface area contributed by atoms with E-state index in [0.717, 1.165) is 24.3 Å². The summed E-state index contributed by atoms with van der Waals surface area (Å²) in [4.78, 5) is 4.30. The zero-order valence-corrected chi connectivity index (χ0v) is 10.0. The molecule has 0 atom stereocenters. The van der Waals surface area contributed by atoms with Crippen LogP contribution in [0.1, 0.15) is 24.6 Å². The average molecular weight is 224 g/mol. The minimum Gasteiger partial charge on any atom is -0.475 e. The summed E-state index contributed by atoms with van der Waals surface area (Å²) >= 11 is 0. The van der Waals surface area contributed by atoms with Gasteiger partial charge >= 0.3 is 0 Å². The molecule has 0 bridgehead atoms. The summed E-state index contributed by atoms with van der Waals surface area (Å²) in [5.74, 6) is 0.634. The Morgan fingerprint density at radius 3 is 2.69 bits per heavy atom. The largest absolute Gasteiger partial charge is 0.475 e. The number of rotatable bonds is 7. The molecular weight excluding hydrogens is 204 g/mol. The lowest BCUT2D eigenvalue weighted by Crippen LogP contribution is -2.09. The first-order valence-electron chi connectivity index (χ1n) is 5.65. The number of ether oxygens (including phenoxy) is 2. The quantitative estimate of drug-likeness (QED) is 0.715. The summed E-state index contributed by atoms with van der Waals surface area (Å²) in [5, 5.41) is 0. The molecule has 0 fully saturated rings. The Kier molecular flexibility index (Phi) is 5.82. The molecule has 1 aromatic rings. The summed E-state index contributed by atoms with van der Waals surface area (Å²) in [7, 11) is 0. The van der Waals surface area contributed by atoms with E-state index in [1.54, 1.807) is 0 Å². The van der Waals surface area contributed by atoms with E-state index in [4.69, 9.17) is 15.2 Å². The molecule has 1 heterocycles. The fourth-order valence-corrected chi connectivity index (χ4v) is 1.31. The smallest absolute Gasteiger partial charge is 0.213 e. The normalized spacial score (nSPS) is 10.4. The Labute approximate surface area is 96.8 Å². The van der Waals surface area contributed by atoms with E-state index in [9.17, 15) is 0 Å². The van der Waals surface area contributed by atoms with E-state index in [1.165, 1.54) is 0 Å². The van der Waals surface area contributed by atoms with Crippen LogP contribution in [0.5, 0.6) is 5.88 Å². The van der Waals surface area contributed by atoms with Crippen molar-refractivity contribution in [2.75, 3.05) is 19.8 Å². The summed E-state index contributed by atoms with van der Waals surface area (Å²) in [6, 6.07) is 3.79. The van der Waals surface area contributed by atoms with Crippen molar-refractivity contribution < 1.29 is 9.47 Å². The van der Waals surface area contributed by atoms with Crippen molar-refractivity contribution in [3.05, 3.63) is 23.4 Å². The van der Waals surface area contributed by atoms with Crippen LogP contribution < -0.4 is 10.5 Å². The molecule has 4 heteroatoms. The molecule has 0 aliphatic rings. The summed E-state index contributed by atoms with van der Waals surface area (Å²) in [5.41, 5.74) is 7.53. The van der Waals surface area contributed by atoms with Crippen molar-refractivity contribution in [3.63, 3.8) is 0 Å². The number of hydrogen-bond donors (Lipinski definition) is 1. The zero-order chi connectivity index (χ0) is 11.8. The topological polar surface area (TPSA) is 57.4 Å². The molecule has 4 nitrogen and oxygen atoms in total. The Balaban J connectivity index is 2.34. The van der Waals surface area contributed by atoms with Gasteiger partial charge in [-0.15, -0.1) is 0 Å². The lowest BCUT2D eigenvalue weighted by molar-refractivity contribution is 0.0989. The second kappa shape index (κ2) is 7.19. The monoisotopic (exact) mass is 224 g/mol. The Morgan fingerprint density at radius 1 is 1.25 bits per heavy atom. The second-order valence-electron chi connectivity index (χ2n) is 3.56. The van der Waals surface area contributed by atoms with Gasteiger partial charge in [0.2, 0.25) is 5.88 Å². The van der Waals surface area contributed by atoms with E-state index < -0.39 is 0 Å². The van der Waals surface area contributed by atoms with Crippen LogP contribution in [-0.2, 0) is 11.3 Å². The molecule has 1 aromatic heterocycles. The zero-order valence-electron chi connectivity index (χ0n) is 10.0. The molecule has 0 saturated heterocycles. The predicted octanol–water partition coefficient (Wildman–Crippen LogP) is 1.65. The first-order chi connectivity index (χ1) is 7.77. The van der Waals surface area contributed by atoms with Crippen LogP contribution in [0.2, 0.25) is 0 Å². The molecule has 1 rings (SSSR count). The third-order valence-electron chi connectivity index (χ3n) is 2.22. The lowest BCUT2D eigenvalue weighted by atomic mass is 10.2. The van der Waals surface area contributed by atoms with Gasteiger partial charge in [-0.1, -0.05) is 13.0 Å². The van der Waals surface area contributed by atoms with Crippen LogP contribution in [0.25, 0.3) is 0 Å². The first-order valence-corrected chi connectivity index (χ1v) is 5.65. The van der Waals surface area contributed by atoms with Crippen LogP contribution in [0.15, 0.2) is 12.1 Å². The van der Waals surface area contributed by atoms with E-state index >= 15 is 0 Å². The third kappa shape index (κ3) is 4.16. The first kappa shape index (κ1) is 12.9. The van der Waals surface area contributed by atoms with Gasteiger partial charge in [0, 0.05) is 24.9 Å². The standard InChI is InChI=1S/C12H20N2O2/c1-3-6-15-7-8-16-12-5-4-11(9-13)10(2)14-12/h4-5H,3,6-9,13H2,1-2H3. The SMILES string of the molecule is CCCOCCOc1ccc(CN)c(C)n1. The lowest BCUT2D eigenvalue weighted by Gasteiger charge is -2.08. The Bertz CT molecular complexity index is 316. The Morgan fingerprint density at radius 2 is 2.06 bits per heavy atom. The second-order valence-corrected chi connectivity index (χ2v) is 3.56. The molecule has 0 aliphatic carbocycles. The third-order valence-corrected chi connectivity index (χ3v) is 2.22. The van der Waals surface area contributed by atoms with E-state index in [2.05, 4.69) is 11.9 Å². The van der Waals surface area contributed by atoms with Crippen molar-refractivity contribution in [1.29, 1.82) is 0 Å². The molecule has 0 amide bonds. The predicted molar refractivity (Wildman–Crippen MR) is 63.5 cm³/mol. The molecule has 0 spiro atoms. The van der Waals surface area contributed by atoms with E-state index in [-0.39, 0.29) is 0 Å². The summed E-state index contributed by atoms with van der Waals surface area (Å²) < 4.78 is 10.8. The highest BCUT2D eigenvalue weighted by Crippen LogP contribution is 2.11. The van der Waals surface area contributed by atoms with Crippen LogP contribution in [0.3, 0.4) is 0 Å². The molecule has 0 saturated carbocycles. The maximum absolute atomic E-state index is 5.55. The minimum atomic E-state index is 0.513. The molecule has 0 aliphatic heterocycles. The van der Waals surface area contributed by atoms with Gasteiger partial charge in [0.25, 0.3) is 0 Å². The molecule has 0 aromatic carbocycles. The number of hydrogen-bond acceptors (Lipinski definition) is 4. The number of aromatic nitrogens is 1. The van der Waals surface area contributed by atoms with Gasteiger partial charge in [-0.05, 0) is 18.9 Å². The van der Waals surface area contributed by atoms with Crippen molar-refractivity contribution >= 4 is 0 Å². The van der Waals surface area contributed by atoms with Gasteiger partial charge in [0.1, 0.15) is 6.61 Å². The molecule has 2 N–H and O–H groups in total. The summed E-state index contributed by atoms with van der Waals surface area (Å²) in [6.07, 6.45) is 1.03. The van der Waals surface area contributed by atoms with Gasteiger partial charge in [-0.3, -0.25) is 0 Å². The maximum atomic E-state index is 5.55. The average Bonchev–Trinajstić information content (AvgIpc) is 2.29. The van der Waals surface area contributed by atoms with E-state index in [1.807, 2.05) is 19.1 Å². The highest BCUT2D eigenvalue weighted by atomic mass is 16.5. The molecular formula is C12H20N2O2. The van der Waals surface area contributed by atoms with Crippen LogP contribution in [-0.4, -0.2) is 24.8 Å². The summed E-state index contributed by atoms with van der Waals surface area (Å²) in [6.45, 7) is 6.45.